The second-order valence-corrected chi connectivity index (χ2v) is 4.98. The van der Waals surface area contributed by atoms with Crippen LogP contribution < -0.4 is 5.32 Å². The normalized spacial score (nSPS) is 12.2. The third-order valence-electron chi connectivity index (χ3n) is 3.59. The van der Waals surface area contributed by atoms with Crippen LogP contribution in [0.25, 0.3) is 11.3 Å². The summed E-state index contributed by atoms with van der Waals surface area (Å²) in [4.78, 5) is 4.56. The van der Waals surface area contributed by atoms with Gasteiger partial charge in [-0.05, 0) is 24.2 Å². The zero-order valence-electron chi connectivity index (χ0n) is 12.0. The summed E-state index contributed by atoms with van der Waals surface area (Å²) in [7, 11) is 1.98. The second kappa shape index (κ2) is 6.33. The van der Waals surface area contributed by atoms with Crippen LogP contribution in [0.4, 0.5) is 0 Å². The molecule has 0 fully saturated rings. The summed E-state index contributed by atoms with van der Waals surface area (Å²) in [6, 6.07) is 14.7. The summed E-state index contributed by atoms with van der Waals surface area (Å²) in [6.07, 6.45) is 5.59. The van der Waals surface area contributed by atoms with Gasteiger partial charge in [0.25, 0.3) is 0 Å². The first kappa shape index (κ1) is 13.5. The SMILES string of the molecule is CNCC(c1ccccc1)c1ccc(-c2cn[nH]c2)nc1. The molecule has 21 heavy (non-hydrogen) atoms. The van der Waals surface area contributed by atoms with E-state index < -0.39 is 0 Å². The predicted molar refractivity (Wildman–Crippen MR) is 84.0 cm³/mol. The number of nitrogens with zero attached hydrogens (tertiary/aromatic N) is 2. The highest BCUT2D eigenvalue weighted by atomic mass is 15.1. The molecule has 106 valence electrons. The Balaban J connectivity index is 1.90. The monoisotopic (exact) mass is 278 g/mol. The van der Waals surface area contributed by atoms with E-state index in [0.29, 0.717) is 5.92 Å². The first-order valence-electron chi connectivity index (χ1n) is 7.03. The van der Waals surface area contributed by atoms with Crippen LogP contribution in [0.15, 0.2) is 61.1 Å². The van der Waals surface area contributed by atoms with Crippen LogP contribution in [0.1, 0.15) is 17.0 Å². The van der Waals surface area contributed by atoms with Crippen molar-refractivity contribution in [1.29, 1.82) is 0 Å². The Bertz CT molecular complexity index is 660. The van der Waals surface area contributed by atoms with Gasteiger partial charge in [-0.2, -0.15) is 5.10 Å². The first-order valence-corrected chi connectivity index (χ1v) is 7.03. The molecule has 2 heterocycles. The zero-order chi connectivity index (χ0) is 14.5. The lowest BCUT2D eigenvalue weighted by atomic mass is 9.92. The molecule has 0 aliphatic carbocycles. The number of benzene rings is 1. The molecule has 0 bridgehead atoms. The highest BCUT2D eigenvalue weighted by Crippen LogP contribution is 2.25. The Morgan fingerprint density at radius 2 is 1.90 bits per heavy atom. The molecule has 4 nitrogen and oxygen atoms in total. The lowest BCUT2D eigenvalue weighted by Gasteiger charge is -2.17. The van der Waals surface area contributed by atoms with E-state index in [1.807, 2.05) is 31.6 Å². The average Bonchev–Trinajstić information content (AvgIpc) is 3.08. The van der Waals surface area contributed by atoms with Crippen LogP contribution in [0, 0.1) is 0 Å². The van der Waals surface area contributed by atoms with Crippen molar-refractivity contribution in [2.24, 2.45) is 0 Å². The van der Waals surface area contributed by atoms with Gasteiger partial charge in [0.2, 0.25) is 0 Å². The molecule has 1 unspecified atom stereocenters. The van der Waals surface area contributed by atoms with Crippen molar-refractivity contribution in [2.45, 2.75) is 5.92 Å². The molecule has 3 aromatic rings. The van der Waals surface area contributed by atoms with Gasteiger partial charge in [0.05, 0.1) is 11.9 Å². The van der Waals surface area contributed by atoms with E-state index in [2.05, 4.69) is 50.8 Å². The number of aromatic amines is 1. The van der Waals surface area contributed by atoms with E-state index in [9.17, 15) is 0 Å². The van der Waals surface area contributed by atoms with Crippen LogP contribution in [0.3, 0.4) is 0 Å². The number of rotatable bonds is 5. The Kier molecular flexibility index (Phi) is 4.07. The number of nitrogens with one attached hydrogen (secondary N) is 2. The van der Waals surface area contributed by atoms with Crippen molar-refractivity contribution >= 4 is 0 Å². The van der Waals surface area contributed by atoms with Crippen molar-refractivity contribution in [2.75, 3.05) is 13.6 Å². The van der Waals surface area contributed by atoms with Crippen LogP contribution >= 0.6 is 0 Å². The molecule has 0 radical (unpaired) electrons. The maximum absolute atomic E-state index is 4.56. The summed E-state index contributed by atoms with van der Waals surface area (Å²) >= 11 is 0. The van der Waals surface area contributed by atoms with E-state index in [-0.39, 0.29) is 0 Å². The molecule has 1 atom stereocenters. The van der Waals surface area contributed by atoms with Crippen molar-refractivity contribution in [3.63, 3.8) is 0 Å². The van der Waals surface area contributed by atoms with Crippen molar-refractivity contribution < 1.29 is 0 Å². The van der Waals surface area contributed by atoms with Crippen LogP contribution in [-0.2, 0) is 0 Å². The molecule has 1 aromatic carbocycles. The molecule has 0 saturated carbocycles. The summed E-state index contributed by atoms with van der Waals surface area (Å²) in [5.74, 6) is 0.307. The lowest BCUT2D eigenvalue weighted by Crippen LogP contribution is -2.18. The second-order valence-electron chi connectivity index (χ2n) is 4.98. The topological polar surface area (TPSA) is 53.6 Å². The summed E-state index contributed by atoms with van der Waals surface area (Å²) < 4.78 is 0. The number of hydrogen-bond donors (Lipinski definition) is 2. The fourth-order valence-electron chi connectivity index (χ4n) is 2.49. The third kappa shape index (κ3) is 3.01. The van der Waals surface area contributed by atoms with Crippen LogP contribution in [0.2, 0.25) is 0 Å². The van der Waals surface area contributed by atoms with Crippen LogP contribution in [-0.4, -0.2) is 28.8 Å². The Morgan fingerprint density at radius 1 is 1.05 bits per heavy atom. The van der Waals surface area contributed by atoms with E-state index in [4.69, 9.17) is 0 Å². The molecule has 3 rings (SSSR count). The lowest BCUT2D eigenvalue weighted by molar-refractivity contribution is 0.706. The molecular formula is C17H18N4. The number of aromatic nitrogens is 3. The van der Waals surface area contributed by atoms with Crippen molar-refractivity contribution in [1.82, 2.24) is 20.5 Å². The van der Waals surface area contributed by atoms with Crippen LogP contribution in [0.5, 0.6) is 0 Å². The maximum Gasteiger partial charge on any atom is 0.0733 e. The van der Waals surface area contributed by atoms with Gasteiger partial charge in [-0.3, -0.25) is 10.1 Å². The highest BCUT2D eigenvalue weighted by molar-refractivity contribution is 5.56. The summed E-state index contributed by atoms with van der Waals surface area (Å²) in [5.41, 5.74) is 4.45. The third-order valence-corrected chi connectivity index (χ3v) is 3.59. The largest absolute Gasteiger partial charge is 0.319 e. The van der Waals surface area contributed by atoms with Gasteiger partial charge in [-0.1, -0.05) is 36.4 Å². The van der Waals surface area contributed by atoms with Gasteiger partial charge < -0.3 is 5.32 Å². The number of likely N-dealkylation sites (N-methyl/N-ethyl adjacent to an activating group) is 1. The first-order chi connectivity index (χ1) is 10.4. The highest BCUT2D eigenvalue weighted by Gasteiger charge is 2.13. The van der Waals surface area contributed by atoms with Gasteiger partial charge >= 0.3 is 0 Å². The number of hydrogen-bond acceptors (Lipinski definition) is 3. The van der Waals surface area contributed by atoms with E-state index in [1.165, 1.54) is 11.1 Å². The molecule has 0 saturated heterocycles. The summed E-state index contributed by atoms with van der Waals surface area (Å²) in [5, 5.41) is 10.0. The average molecular weight is 278 g/mol. The summed E-state index contributed by atoms with van der Waals surface area (Å²) in [6.45, 7) is 0.886. The minimum Gasteiger partial charge on any atom is -0.319 e. The maximum atomic E-state index is 4.56. The van der Waals surface area contributed by atoms with Gasteiger partial charge in [0.15, 0.2) is 0 Å². The molecule has 0 aliphatic heterocycles. The van der Waals surface area contributed by atoms with E-state index in [0.717, 1.165) is 17.8 Å². The predicted octanol–water partition coefficient (Wildman–Crippen LogP) is 2.82. The van der Waals surface area contributed by atoms with Gasteiger partial charge in [-0.25, -0.2) is 0 Å². The molecular weight excluding hydrogens is 260 g/mol. The van der Waals surface area contributed by atoms with Crippen molar-refractivity contribution in [3.05, 3.63) is 72.2 Å². The van der Waals surface area contributed by atoms with Crippen molar-refractivity contribution in [3.8, 4) is 11.3 Å². The standard InChI is InChI=1S/C17H18N4/c1-18-12-16(13-5-3-2-4-6-13)14-7-8-17(19-9-14)15-10-20-21-11-15/h2-11,16,18H,12H2,1H3,(H,20,21). The zero-order valence-corrected chi connectivity index (χ0v) is 12.0. The fraction of sp³-hybridized carbons (Fsp3) is 0.176. The van der Waals surface area contributed by atoms with E-state index in [1.54, 1.807) is 6.20 Å². The Hall–Kier alpha value is -2.46. The quantitative estimate of drug-likeness (QED) is 0.754. The Labute approximate surface area is 124 Å². The number of pyridine rings is 1. The minimum atomic E-state index is 0.307. The molecule has 0 amide bonds. The number of H-pyrrole nitrogens is 1. The molecule has 4 heteroatoms. The molecule has 0 aliphatic rings. The molecule has 0 spiro atoms. The van der Waals surface area contributed by atoms with E-state index >= 15 is 0 Å². The fourth-order valence-corrected chi connectivity index (χ4v) is 2.49. The Morgan fingerprint density at radius 3 is 2.52 bits per heavy atom. The molecule has 2 aromatic heterocycles. The van der Waals surface area contributed by atoms with Gasteiger partial charge in [-0.15, -0.1) is 0 Å². The molecule has 2 N–H and O–H groups in total. The smallest absolute Gasteiger partial charge is 0.0733 e. The van der Waals surface area contributed by atoms with Gasteiger partial charge in [0.1, 0.15) is 0 Å². The minimum absolute atomic E-state index is 0.307. The van der Waals surface area contributed by atoms with Gasteiger partial charge in [0, 0.05) is 30.4 Å².